The average Bonchev–Trinajstić information content (AvgIpc) is 3.21. The van der Waals surface area contributed by atoms with Crippen molar-refractivity contribution >= 4 is 11.5 Å². The van der Waals surface area contributed by atoms with Crippen LogP contribution in [0.1, 0.15) is 32.1 Å². The summed E-state index contributed by atoms with van der Waals surface area (Å²) in [5.74, 6) is 2.99. The highest BCUT2D eigenvalue weighted by Crippen LogP contribution is 2.32. The van der Waals surface area contributed by atoms with E-state index in [2.05, 4.69) is 10.3 Å². The molecule has 0 bridgehead atoms. The molecule has 5 heteroatoms. The van der Waals surface area contributed by atoms with Crippen LogP contribution in [0.25, 0.3) is 0 Å². The van der Waals surface area contributed by atoms with Crippen molar-refractivity contribution in [2.24, 2.45) is 17.8 Å². The van der Waals surface area contributed by atoms with Gasteiger partial charge in [-0.15, -0.1) is 0 Å². The molecule has 5 nitrogen and oxygen atoms in total. The van der Waals surface area contributed by atoms with E-state index in [0.29, 0.717) is 29.3 Å². The quantitative estimate of drug-likeness (QED) is 0.718. The van der Waals surface area contributed by atoms with E-state index < -0.39 is 0 Å². The summed E-state index contributed by atoms with van der Waals surface area (Å²) in [6, 6.07) is 3.73. The van der Waals surface area contributed by atoms with Gasteiger partial charge in [-0.2, -0.15) is 4.98 Å². The molecule has 1 aromatic heterocycles. The molecule has 3 rings (SSSR count). The number of nitrogens with zero attached hydrogens (tertiary/aromatic N) is 1. The van der Waals surface area contributed by atoms with Crippen LogP contribution in [0.5, 0.6) is 5.88 Å². The fourth-order valence-electron chi connectivity index (χ4n) is 3.00. The topological polar surface area (TPSA) is 80.4 Å². The summed E-state index contributed by atoms with van der Waals surface area (Å²) in [6.07, 6.45) is 6.03. The van der Waals surface area contributed by atoms with Crippen molar-refractivity contribution in [2.75, 3.05) is 30.8 Å². The van der Waals surface area contributed by atoms with E-state index >= 15 is 0 Å². The number of hydrogen-bond acceptors (Lipinski definition) is 5. The minimum absolute atomic E-state index is 0.289. The molecule has 0 radical (unpaired) electrons. The Kier molecular flexibility index (Phi) is 4.48. The van der Waals surface area contributed by atoms with Crippen molar-refractivity contribution in [3.63, 3.8) is 0 Å². The van der Waals surface area contributed by atoms with Gasteiger partial charge in [0.05, 0.1) is 12.3 Å². The third-order valence-corrected chi connectivity index (χ3v) is 4.64. The van der Waals surface area contributed by atoms with Crippen molar-refractivity contribution in [1.29, 1.82) is 0 Å². The van der Waals surface area contributed by atoms with Crippen molar-refractivity contribution in [3.05, 3.63) is 12.1 Å². The second kappa shape index (κ2) is 6.52. The standard InChI is InChI=1S/C16H25N3O2/c17-14-6-7-15(19-16(14)21-10-11-4-5-11)18-8-12-2-1-3-13(12)9-20/h6-7,11-13,20H,1-5,8-10,17H2,(H,18,19). The summed E-state index contributed by atoms with van der Waals surface area (Å²) in [4.78, 5) is 4.46. The van der Waals surface area contributed by atoms with Crippen LogP contribution in [0.4, 0.5) is 11.5 Å². The maximum absolute atomic E-state index is 9.36. The number of aliphatic hydroxyl groups excluding tert-OH is 1. The van der Waals surface area contributed by atoms with Gasteiger partial charge in [-0.05, 0) is 55.6 Å². The van der Waals surface area contributed by atoms with Crippen LogP contribution in [0, 0.1) is 17.8 Å². The molecular formula is C16H25N3O2. The third kappa shape index (κ3) is 3.79. The lowest BCUT2D eigenvalue weighted by molar-refractivity contribution is 0.199. The zero-order valence-electron chi connectivity index (χ0n) is 12.4. The van der Waals surface area contributed by atoms with Crippen LogP contribution in [0.2, 0.25) is 0 Å². The van der Waals surface area contributed by atoms with Gasteiger partial charge >= 0.3 is 0 Å². The monoisotopic (exact) mass is 291 g/mol. The van der Waals surface area contributed by atoms with E-state index in [1.54, 1.807) is 0 Å². The van der Waals surface area contributed by atoms with Gasteiger partial charge < -0.3 is 20.9 Å². The van der Waals surface area contributed by atoms with Crippen LogP contribution < -0.4 is 15.8 Å². The fraction of sp³-hybridized carbons (Fsp3) is 0.688. The smallest absolute Gasteiger partial charge is 0.239 e. The molecule has 4 N–H and O–H groups in total. The minimum Gasteiger partial charge on any atom is -0.476 e. The van der Waals surface area contributed by atoms with E-state index in [0.717, 1.165) is 25.4 Å². The summed E-state index contributed by atoms with van der Waals surface area (Å²) < 4.78 is 5.70. The molecule has 0 spiro atoms. The first-order valence-electron chi connectivity index (χ1n) is 8.00. The Morgan fingerprint density at radius 1 is 1.24 bits per heavy atom. The Labute approximate surface area is 125 Å². The Balaban J connectivity index is 1.55. The summed E-state index contributed by atoms with van der Waals surface area (Å²) in [6.45, 7) is 1.86. The highest BCUT2D eigenvalue weighted by Gasteiger charge is 2.26. The van der Waals surface area contributed by atoms with Crippen molar-refractivity contribution < 1.29 is 9.84 Å². The predicted octanol–water partition coefficient (Wildman–Crippen LogP) is 2.27. The SMILES string of the molecule is Nc1ccc(NCC2CCCC2CO)nc1OCC1CC1. The van der Waals surface area contributed by atoms with Crippen LogP contribution in [0.15, 0.2) is 12.1 Å². The number of aliphatic hydroxyl groups is 1. The second-order valence-corrected chi connectivity index (χ2v) is 6.36. The van der Waals surface area contributed by atoms with E-state index in [1.165, 1.54) is 25.7 Å². The number of aromatic nitrogens is 1. The molecule has 2 aliphatic rings. The van der Waals surface area contributed by atoms with Crippen LogP contribution in [-0.4, -0.2) is 29.8 Å². The van der Waals surface area contributed by atoms with Crippen LogP contribution >= 0.6 is 0 Å². The number of nitrogen functional groups attached to an aromatic ring is 1. The number of rotatable bonds is 7. The molecule has 0 saturated heterocycles. The minimum atomic E-state index is 0.289. The molecule has 2 fully saturated rings. The lowest BCUT2D eigenvalue weighted by atomic mass is 9.97. The van der Waals surface area contributed by atoms with Crippen molar-refractivity contribution in [2.45, 2.75) is 32.1 Å². The maximum Gasteiger partial charge on any atom is 0.239 e. The first-order valence-corrected chi connectivity index (χ1v) is 8.00. The highest BCUT2D eigenvalue weighted by atomic mass is 16.5. The highest BCUT2D eigenvalue weighted by molar-refractivity contribution is 5.53. The van der Waals surface area contributed by atoms with Crippen LogP contribution in [0.3, 0.4) is 0 Å². The van der Waals surface area contributed by atoms with Crippen LogP contribution in [-0.2, 0) is 0 Å². The molecule has 0 amide bonds. The Hall–Kier alpha value is -1.49. The summed E-state index contributed by atoms with van der Waals surface area (Å²) in [7, 11) is 0. The van der Waals surface area contributed by atoms with Gasteiger partial charge in [0.25, 0.3) is 0 Å². The van der Waals surface area contributed by atoms with E-state index in [4.69, 9.17) is 10.5 Å². The normalized spacial score (nSPS) is 25.0. The van der Waals surface area contributed by atoms with Gasteiger partial charge in [-0.25, -0.2) is 0 Å². The Bertz CT molecular complexity index is 477. The zero-order valence-corrected chi connectivity index (χ0v) is 12.4. The molecule has 2 aliphatic carbocycles. The van der Waals surface area contributed by atoms with Gasteiger partial charge in [0.2, 0.25) is 5.88 Å². The van der Waals surface area contributed by atoms with Crippen molar-refractivity contribution in [3.8, 4) is 5.88 Å². The van der Waals surface area contributed by atoms with E-state index in [-0.39, 0.29) is 6.61 Å². The third-order valence-electron chi connectivity index (χ3n) is 4.64. The molecule has 1 heterocycles. The number of hydrogen-bond donors (Lipinski definition) is 3. The van der Waals surface area contributed by atoms with E-state index in [9.17, 15) is 5.11 Å². The molecule has 0 aliphatic heterocycles. The average molecular weight is 291 g/mol. The van der Waals surface area contributed by atoms with Gasteiger partial charge in [-0.1, -0.05) is 6.42 Å². The molecule has 2 unspecified atom stereocenters. The first-order chi connectivity index (χ1) is 10.3. The van der Waals surface area contributed by atoms with Crippen molar-refractivity contribution in [1.82, 2.24) is 4.98 Å². The maximum atomic E-state index is 9.36. The molecule has 1 aromatic rings. The number of anilines is 2. The van der Waals surface area contributed by atoms with Gasteiger partial charge in [0, 0.05) is 13.2 Å². The zero-order chi connectivity index (χ0) is 14.7. The number of ether oxygens (including phenoxy) is 1. The largest absolute Gasteiger partial charge is 0.476 e. The molecule has 2 atom stereocenters. The second-order valence-electron chi connectivity index (χ2n) is 6.36. The summed E-state index contributed by atoms with van der Waals surface area (Å²) in [5, 5.41) is 12.7. The molecule has 0 aromatic carbocycles. The fourth-order valence-corrected chi connectivity index (χ4v) is 3.00. The Morgan fingerprint density at radius 3 is 2.81 bits per heavy atom. The van der Waals surface area contributed by atoms with Gasteiger partial charge in [-0.3, -0.25) is 0 Å². The Morgan fingerprint density at radius 2 is 2.05 bits per heavy atom. The van der Waals surface area contributed by atoms with Gasteiger partial charge in [0.15, 0.2) is 0 Å². The first kappa shape index (κ1) is 14.4. The number of nitrogens with two attached hydrogens (primary N) is 1. The number of nitrogens with one attached hydrogen (secondary N) is 1. The molecule has 21 heavy (non-hydrogen) atoms. The summed E-state index contributed by atoms with van der Waals surface area (Å²) >= 11 is 0. The predicted molar refractivity (Wildman–Crippen MR) is 83.3 cm³/mol. The summed E-state index contributed by atoms with van der Waals surface area (Å²) in [5.41, 5.74) is 6.50. The molecule has 116 valence electrons. The molecular weight excluding hydrogens is 266 g/mol. The number of pyridine rings is 1. The molecule has 2 saturated carbocycles. The lowest BCUT2D eigenvalue weighted by Crippen LogP contribution is -2.21. The van der Waals surface area contributed by atoms with Gasteiger partial charge in [0.1, 0.15) is 5.82 Å². The lowest BCUT2D eigenvalue weighted by Gasteiger charge is -2.18. The van der Waals surface area contributed by atoms with E-state index in [1.807, 2.05) is 12.1 Å².